The second kappa shape index (κ2) is 5.39. The number of nitrogens with zero attached hydrogens (tertiary/aromatic N) is 2. The number of aryl methyl sites for hydroxylation is 1. The van der Waals surface area contributed by atoms with Crippen LogP contribution in [0.15, 0.2) is 0 Å². The monoisotopic (exact) mass is 226 g/mol. The first-order valence-corrected chi connectivity index (χ1v) is 5.28. The molecule has 0 amide bonds. The van der Waals surface area contributed by atoms with Crippen LogP contribution in [0.1, 0.15) is 30.1 Å². The maximum absolute atomic E-state index is 11.5. The number of nitrogens with two attached hydrogens (primary N) is 1. The van der Waals surface area contributed by atoms with Gasteiger partial charge in [-0.15, -0.1) is 0 Å². The molecule has 1 aromatic heterocycles. The molecule has 0 radical (unpaired) electrons. The standard InChI is InChI=1S/C10H18N4O2/c1-4-5-6-14-8(11)7(10(15)16-3)9(12-2)13-14/h4-6,11H2,1-3H3,(H,12,13). The molecule has 6 heteroatoms. The van der Waals surface area contributed by atoms with Gasteiger partial charge in [-0.1, -0.05) is 13.3 Å². The zero-order chi connectivity index (χ0) is 12.1. The van der Waals surface area contributed by atoms with Gasteiger partial charge < -0.3 is 15.8 Å². The summed E-state index contributed by atoms with van der Waals surface area (Å²) in [6, 6.07) is 0. The summed E-state index contributed by atoms with van der Waals surface area (Å²) >= 11 is 0. The zero-order valence-corrected chi connectivity index (χ0v) is 9.91. The first kappa shape index (κ1) is 12.4. The molecule has 0 atom stereocenters. The maximum Gasteiger partial charge on any atom is 0.345 e. The van der Waals surface area contributed by atoms with Gasteiger partial charge in [0, 0.05) is 13.6 Å². The number of nitrogen functional groups attached to an aromatic ring is 1. The molecule has 0 saturated carbocycles. The van der Waals surface area contributed by atoms with E-state index in [1.54, 1.807) is 11.7 Å². The van der Waals surface area contributed by atoms with Gasteiger partial charge in [0.05, 0.1) is 7.11 Å². The largest absolute Gasteiger partial charge is 0.465 e. The number of carbonyl (C=O) groups excluding carboxylic acids is 1. The van der Waals surface area contributed by atoms with E-state index < -0.39 is 5.97 Å². The van der Waals surface area contributed by atoms with Crippen molar-refractivity contribution in [2.75, 3.05) is 25.2 Å². The quantitative estimate of drug-likeness (QED) is 0.734. The predicted molar refractivity (Wildman–Crippen MR) is 62.4 cm³/mol. The van der Waals surface area contributed by atoms with Crippen LogP contribution in [0.4, 0.5) is 11.6 Å². The number of anilines is 2. The molecule has 0 fully saturated rings. The van der Waals surface area contributed by atoms with Gasteiger partial charge in [-0.3, -0.25) is 0 Å². The lowest BCUT2D eigenvalue weighted by atomic mass is 10.3. The van der Waals surface area contributed by atoms with Crippen LogP contribution in [-0.2, 0) is 11.3 Å². The normalized spacial score (nSPS) is 10.2. The van der Waals surface area contributed by atoms with Gasteiger partial charge in [0.15, 0.2) is 5.82 Å². The molecule has 0 aromatic carbocycles. The van der Waals surface area contributed by atoms with Gasteiger partial charge in [0.1, 0.15) is 11.4 Å². The predicted octanol–water partition coefficient (Wildman–Crippen LogP) is 1.09. The van der Waals surface area contributed by atoms with Gasteiger partial charge in [0.2, 0.25) is 0 Å². The van der Waals surface area contributed by atoms with Gasteiger partial charge in [-0.25, -0.2) is 9.48 Å². The molecule has 1 aromatic rings. The van der Waals surface area contributed by atoms with Crippen LogP contribution in [0, 0.1) is 0 Å². The fourth-order valence-electron chi connectivity index (χ4n) is 1.43. The van der Waals surface area contributed by atoms with Crippen LogP contribution in [0.3, 0.4) is 0 Å². The van der Waals surface area contributed by atoms with Crippen LogP contribution >= 0.6 is 0 Å². The Morgan fingerprint density at radius 1 is 1.62 bits per heavy atom. The third kappa shape index (κ3) is 2.26. The first-order chi connectivity index (χ1) is 7.65. The van der Waals surface area contributed by atoms with Crippen molar-refractivity contribution in [1.82, 2.24) is 9.78 Å². The minimum Gasteiger partial charge on any atom is -0.465 e. The Bertz CT molecular complexity index is 373. The van der Waals surface area contributed by atoms with Gasteiger partial charge in [-0.2, -0.15) is 5.10 Å². The number of methoxy groups -OCH3 is 1. The molecule has 1 heterocycles. The highest BCUT2D eigenvalue weighted by Crippen LogP contribution is 2.22. The maximum atomic E-state index is 11.5. The van der Waals surface area contributed by atoms with E-state index in [0.29, 0.717) is 23.7 Å². The smallest absolute Gasteiger partial charge is 0.345 e. The number of rotatable bonds is 5. The summed E-state index contributed by atoms with van der Waals surface area (Å²) in [5, 5.41) is 7.05. The summed E-state index contributed by atoms with van der Waals surface area (Å²) in [7, 11) is 3.02. The number of ether oxygens (including phenoxy) is 1. The van der Waals surface area contributed by atoms with Crippen molar-refractivity contribution in [2.24, 2.45) is 0 Å². The third-order valence-electron chi connectivity index (χ3n) is 2.34. The van der Waals surface area contributed by atoms with Crippen LogP contribution in [0.25, 0.3) is 0 Å². The topological polar surface area (TPSA) is 82.2 Å². The van der Waals surface area contributed by atoms with Crippen molar-refractivity contribution in [3.8, 4) is 0 Å². The summed E-state index contributed by atoms with van der Waals surface area (Å²) in [5.74, 6) is 0.342. The van der Waals surface area contributed by atoms with E-state index in [1.807, 2.05) is 0 Å². The molecule has 3 N–H and O–H groups in total. The minimum atomic E-state index is -0.468. The zero-order valence-electron chi connectivity index (χ0n) is 9.91. The fraction of sp³-hybridized carbons (Fsp3) is 0.600. The number of unbranched alkanes of at least 4 members (excludes halogenated alkanes) is 1. The van der Waals surface area contributed by atoms with Crippen molar-refractivity contribution in [3.63, 3.8) is 0 Å². The van der Waals surface area contributed by atoms with Crippen molar-refractivity contribution in [1.29, 1.82) is 0 Å². The summed E-state index contributed by atoms with van der Waals surface area (Å²) in [5.41, 5.74) is 6.16. The molecule has 0 bridgehead atoms. The Hall–Kier alpha value is -1.72. The van der Waals surface area contributed by atoms with E-state index in [4.69, 9.17) is 5.73 Å². The molecule has 0 unspecified atom stereocenters. The van der Waals surface area contributed by atoms with Gasteiger partial charge in [-0.05, 0) is 6.42 Å². The third-order valence-corrected chi connectivity index (χ3v) is 2.34. The molecule has 0 aliphatic heterocycles. The molecule has 16 heavy (non-hydrogen) atoms. The molecule has 0 aliphatic rings. The van der Waals surface area contributed by atoms with Crippen molar-refractivity contribution in [3.05, 3.63) is 5.56 Å². The fourth-order valence-corrected chi connectivity index (χ4v) is 1.43. The second-order valence-electron chi connectivity index (χ2n) is 3.43. The highest BCUT2D eigenvalue weighted by atomic mass is 16.5. The Morgan fingerprint density at radius 2 is 2.31 bits per heavy atom. The molecule has 0 spiro atoms. The Kier molecular flexibility index (Phi) is 4.16. The van der Waals surface area contributed by atoms with E-state index in [1.165, 1.54) is 7.11 Å². The summed E-state index contributed by atoms with van der Waals surface area (Å²) in [6.45, 7) is 2.79. The minimum absolute atomic E-state index is 0.307. The first-order valence-electron chi connectivity index (χ1n) is 5.28. The van der Waals surface area contributed by atoms with E-state index in [9.17, 15) is 4.79 Å². The van der Waals surface area contributed by atoms with Crippen molar-refractivity contribution in [2.45, 2.75) is 26.3 Å². The van der Waals surface area contributed by atoms with Crippen LogP contribution in [-0.4, -0.2) is 29.9 Å². The van der Waals surface area contributed by atoms with E-state index in [-0.39, 0.29) is 0 Å². The van der Waals surface area contributed by atoms with Gasteiger partial charge in [0.25, 0.3) is 0 Å². The molecule has 0 aliphatic carbocycles. The Morgan fingerprint density at radius 3 is 2.81 bits per heavy atom. The number of carbonyl (C=O) groups is 1. The SMILES string of the molecule is CCCCn1nc(NC)c(C(=O)OC)c1N. The number of esters is 1. The van der Waals surface area contributed by atoms with E-state index >= 15 is 0 Å². The van der Waals surface area contributed by atoms with Crippen molar-refractivity contribution < 1.29 is 9.53 Å². The molecule has 0 saturated heterocycles. The summed E-state index contributed by atoms with van der Waals surface area (Å²) in [4.78, 5) is 11.5. The summed E-state index contributed by atoms with van der Waals surface area (Å²) < 4.78 is 6.29. The Balaban J connectivity index is 3.05. The van der Waals surface area contributed by atoms with E-state index in [2.05, 4.69) is 22.1 Å². The number of aromatic nitrogens is 2. The van der Waals surface area contributed by atoms with Crippen LogP contribution in [0.2, 0.25) is 0 Å². The number of hydrogen-bond acceptors (Lipinski definition) is 5. The van der Waals surface area contributed by atoms with Crippen LogP contribution < -0.4 is 11.1 Å². The molecule has 90 valence electrons. The molecular weight excluding hydrogens is 208 g/mol. The van der Waals surface area contributed by atoms with Gasteiger partial charge >= 0.3 is 5.97 Å². The Labute approximate surface area is 94.8 Å². The van der Waals surface area contributed by atoms with Crippen molar-refractivity contribution >= 4 is 17.6 Å². The second-order valence-corrected chi connectivity index (χ2v) is 3.43. The molecule has 6 nitrogen and oxygen atoms in total. The highest BCUT2D eigenvalue weighted by Gasteiger charge is 2.21. The number of nitrogens with one attached hydrogen (secondary N) is 1. The van der Waals surface area contributed by atoms with Crippen LogP contribution in [0.5, 0.6) is 0 Å². The lowest BCUT2D eigenvalue weighted by Crippen LogP contribution is -2.09. The average molecular weight is 226 g/mol. The molecular formula is C10H18N4O2. The lowest BCUT2D eigenvalue weighted by Gasteiger charge is -2.02. The molecule has 1 rings (SSSR count). The van der Waals surface area contributed by atoms with E-state index in [0.717, 1.165) is 12.8 Å². The summed E-state index contributed by atoms with van der Waals surface area (Å²) in [6.07, 6.45) is 2.01. The average Bonchev–Trinajstić information content (AvgIpc) is 2.62. The number of hydrogen-bond donors (Lipinski definition) is 2. The highest BCUT2D eigenvalue weighted by molar-refractivity contribution is 5.99. The lowest BCUT2D eigenvalue weighted by molar-refractivity contribution is 0.0603.